The Morgan fingerprint density at radius 1 is 1.67 bits per heavy atom. The molecule has 5 heteroatoms. The first kappa shape index (κ1) is 7.14. The molecule has 1 rings (SSSR count). The molecule has 1 atom stereocenters. The molecule has 0 radical (unpaired) electrons. The van der Waals surface area contributed by atoms with Gasteiger partial charge in [0.1, 0.15) is 0 Å². The van der Waals surface area contributed by atoms with Crippen LogP contribution in [0.4, 0.5) is 0 Å². The molecule has 2 N–H and O–H groups in total. The molecule has 1 saturated heterocycles. The van der Waals surface area contributed by atoms with E-state index in [4.69, 9.17) is 4.55 Å². The molecule has 54 valence electrons. The maximum Gasteiger partial charge on any atom is 0.235 e. The zero-order chi connectivity index (χ0) is 6.69. The van der Waals surface area contributed by atoms with Crippen LogP contribution in [-0.2, 0) is 11.3 Å². The minimum absolute atomic E-state index is 0.531. The molecule has 9 heavy (non-hydrogen) atoms. The third-order valence-electron chi connectivity index (χ3n) is 1.27. The van der Waals surface area contributed by atoms with Gasteiger partial charge in [-0.1, -0.05) is 0 Å². The van der Waals surface area contributed by atoms with E-state index < -0.39 is 11.3 Å². The van der Waals surface area contributed by atoms with E-state index in [1.165, 1.54) is 4.31 Å². The molecule has 1 aliphatic rings. The van der Waals surface area contributed by atoms with E-state index in [0.717, 1.165) is 19.5 Å². The summed E-state index contributed by atoms with van der Waals surface area (Å²) in [6, 6.07) is 0. The van der Waals surface area contributed by atoms with Crippen LogP contribution >= 0.6 is 0 Å². The first-order chi connectivity index (χ1) is 4.30. The van der Waals surface area contributed by atoms with Crippen LogP contribution in [0.5, 0.6) is 0 Å². The van der Waals surface area contributed by atoms with E-state index in [9.17, 15) is 4.21 Å². The van der Waals surface area contributed by atoms with E-state index in [0.29, 0.717) is 6.67 Å². The second-order valence-electron chi connectivity index (χ2n) is 1.95. The molecular formula is C4H10N2O2S. The minimum Gasteiger partial charge on any atom is -0.303 e. The molecule has 0 aromatic carbocycles. The fourth-order valence-corrected chi connectivity index (χ4v) is 1.28. The molecular weight excluding hydrogens is 140 g/mol. The minimum atomic E-state index is -1.78. The number of hydrogen-bond donors (Lipinski definition) is 2. The fraction of sp³-hybridized carbons (Fsp3) is 1.00. The van der Waals surface area contributed by atoms with Gasteiger partial charge in [0.05, 0.1) is 6.67 Å². The van der Waals surface area contributed by atoms with Crippen molar-refractivity contribution in [2.24, 2.45) is 0 Å². The summed E-state index contributed by atoms with van der Waals surface area (Å²) in [5.41, 5.74) is 0. The van der Waals surface area contributed by atoms with Crippen molar-refractivity contribution < 1.29 is 8.76 Å². The molecule has 1 unspecified atom stereocenters. The van der Waals surface area contributed by atoms with E-state index in [2.05, 4.69) is 5.32 Å². The van der Waals surface area contributed by atoms with Gasteiger partial charge < -0.3 is 5.32 Å². The summed E-state index contributed by atoms with van der Waals surface area (Å²) in [5, 5.41) is 2.99. The molecule has 0 aliphatic carbocycles. The molecule has 1 aliphatic heterocycles. The summed E-state index contributed by atoms with van der Waals surface area (Å²) in [6.07, 6.45) is 0.951. The van der Waals surface area contributed by atoms with Crippen molar-refractivity contribution in [3.8, 4) is 0 Å². The quantitative estimate of drug-likeness (QED) is 0.490. The summed E-state index contributed by atoms with van der Waals surface area (Å²) < 4.78 is 20.4. The lowest BCUT2D eigenvalue weighted by molar-refractivity contribution is 0.323. The lowest BCUT2D eigenvalue weighted by atomic mass is 10.4. The van der Waals surface area contributed by atoms with Gasteiger partial charge in [0.15, 0.2) is 0 Å². The van der Waals surface area contributed by atoms with Crippen LogP contribution in [0.25, 0.3) is 0 Å². The van der Waals surface area contributed by atoms with Gasteiger partial charge in [-0.25, -0.2) is 4.21 Å². The maximum atomic E-state index is 10.4. The second-order valence-corrected chi connectivity index (χ2v) is 2.93. The van der Waals surface area contributed by atoms with Gasteiger partial charge in [0.2, 0.25) is 11.3 Å². The highest BCUT2D eigenvalue weighted by Gasteiger charge is 2.12. The van der Waals surface area contributed by atoms with Crippen LogP contribution < -0.4 is 5.32 Å². The normalized spacial score (nSPS) is 25.9. The average molecular weight is 150 g/mol. The summed E-state index contributed by atoms with van der Waals surface area (Å²) in [7, 11) is 0. The van der Waals surface area contributed by atoms with Gasteiger partial charge in [-0.05, 0) is 13.0 Å². The molecule has 0 aromatic rings. The van der Waals surface area contributed by atoms with Crippen molar-refractivity contribution in [2.45, 2.75) is 6.42 Å². The number of nitrogens with one attached hydrogen (secondary N) is 1. The molecule has 0 saturated carbocycles. The van der Waals surface area contributed by atoms with Crippen molar-refractivity contribution >= 4 is 11.3 Å². The Morgan fingerprint density at radius 2 is 2.44 bits per heavy atom. The lowest BCUT2D eigenvalue weighted by Gasteiger charge is -2.22. The molecule has 0 bridgehead atoms. The molecule has 1 heterocycles. The first-order valence-corrected chi connectivity index (χ1v) is 3.94. The van der Waals surface area contributed by atoms with Crippen LogP contribution in [0.2, 0.25) is 0 Å². The molecule has 1 fully saturated rings. The second kappa shape index (κ2) is 3.26. The topological polar surface area (TPSA) is 52.6 Å². The molecule has 0 spiro atoms. The standard InChI is InChI=1S/C4H10N2O2S/c7-9(8)6-3-1-2-5-4-6/h5H,1-4H2,(H,7,8). The van der Waals surface area contributed by atoms with Crippen molar-refractivity contribution in [3.63, 3.8) is 0 Å². The van der Waals surface area contributed by atoms with Gasteiger partial charge in [-0.3, -0.25) is 4.55 Å². The van der Waals surface area contributed by atoms with Crippen LogP contribution in [0.1, 0.15) is 6.42 Å². The Bertz CT molecular complexity index is 113. The maximum absolute atomic E-state index is 10.4. The Kier molecular flexibility index (Phi) is 2.59. The zero-order valence-corrected chi connectivity index (χ0v) is 5.86. The molecule has 0 aromatic heterocycles. The van der Waals surface area contributed by atoms with Gasteiger partial charge in [0.25, 0.3) is 0 Å². The first-order valence-electron chi connectivity index (χ1n) is 2.87. The van der Waals surface area contributed by atoms with Crippen molar-refractivity contribution in [1.82, 2.24) is 9.62 Å². The van der Waals surface area contributed by atoms with Gasteiger partial charge in [-0.15, -0.1) is 0 Å². The Labute approximate surface area is 56.7 Å². The Morgan fingerprint density at radius 3 is 2.78 bits per heavy atom. The predicted octanol–water partition coefficient (Wildman–Crippen LogP) is -0.624. The monoisotopic (exact) mass is 150 g/mol. The fourth-order valence-electron chi connectivity index (χ4n) is 0.797. The summed E-state index contributed by atoms with van der Waals surface area (Å²) >= 11 is -1.78. The SMILES string of the molecule is O=S(O)N1CCCNC1. The van der Waals surface area contributed by atoms with E-state index >= 15 is 0 Å². The Hall–Kier alpha value is 0.0300. The van der Waals surface area contributed by atoms with Crippen molar-refractivity contribution in [1.29, 1.82) is 0 Å². The van der Waals surface area contributed by atoms with Crippen LogP contribution in [-0.4, -0.2) is 32.8 Å². The van der Waals surface area contributed by atoms with Gasteiger partial charge in [0, 0.05) is 6.54 Å². The highest BCUT2D eigenvalue weighted by molar-refractivity contribution is 7.76. The predicted molar refractivity (Wildman–Crippen MR) is 35.0 cm³/mol. The van der Waals surface area contributed by atoms with E-state index in [1.54, 1.807) is 0 Å². The summed E-state index contributed by atoms with van der Waals surface area (Å²) in [5.74, 6) is 0. The van der Waals surface area contributed by atoms with Gasteiger partial charge >= 0.3 is 0 Å². The summed E-state index contributed by atoms with van der Waals surface area (Å²) in [4.78, 5) is 0. The zero-order valence-electron chi connectivity index (χ0n) is 5.04. The van der Waals surface area contributed by atoms with E-state index in [1.807, 2.05) is 0 Å². The van der Waals surface area contributed by atoms with Gasteiger partial charge in [-0.2, -0.15) is 4.31 Å². The lowest BCUT2D eigenvalue weighted by Crippen LogP contribution is -2.42. The van der Waals surface area contributed by atoms with E-state index in [-0.39, 0.29) is 0 Å². The van der Waals surface area contributed by atoms with Crippen LogP contribution in [0, 0.1) is 0 Å². The average Bonchev–Trinajstić information content (AvgIpc) is 1.90. The smallest absolute Gasteiger partial charge is 0.235 e. The third kappa shape index (κ3) is 2.02. The number of rotatable bonds is 1. The molecule has 0 amide bonds. The van der Waals surface area contributed by atoms with Crippen LogP contribution in [0.3, 0.4) is 0 Å². The van der Waals surface area contributed by atoms with Crippen molar-refractivity contribution in [3.05, 3.63) is 0 Å². The van der Waals surface area contributed by atoms with Crippen molar-refractivity contribution in [2.75, 3.05) is 19.8 Å². The molecule has 4 nitrogen and oxygen atoms in total. The number of nitrogens with zero attached hydrogens (tertiary/aromatic N) is 1. The third-order valence-corrected chi connectivity index (χ3v) is 2.02. The Balaban J connectivity index is 2.31. The largest absolute Gasteiger partial charge is 0.303 e. The highest BCUT2D eigenvalue weighted by Crippen LogP contribution is 1.96. The summed E-state index contributed by atoms with van der Waals surface area (Å²) in [6.45, 7) is 2.20. The van der Waals surface area contributed by atoms with Crippen LogP contribution in [0.15, 0.2) is 0 Å². The number of hydrogen-bond acceptors (Lipinski definition) is 2. The highest BCUT2D eigenvalue weighted by atomic mass is 32.2.